The Balaban J connectivity index is 1.88. The molecule has 0 bridgehead atoms. The van der Waals surface area contributed by atoms with Gasteiger partial charge in [0.25, 0.3) is 0 Å². The summed E-state index contributed by atoms with van der Waals surface area (Å²) in [6, 6.07) is 3.62. The number of fused-ring (bicyclic) bond motifs is 1. The van der Waals surface area contributed by atoms with Crippen LogP contribution in [-0.4, -0.2) is 52.9 Å². The number of hydrogen-bond donors (Lipinski definition) is 2. The summed E-state index contributed by atoms with van der Waals surface area (Å²) in [7, 11) is 0. The number of carbonyl (C=O) groups excluding carboxylic acids is 1. The van der Waals surface area contributed by atoms with Gasteiger partial charge in [-0.25, -0.2) is 15.2 Å². The van der Waals surface area contributed by atoms with Gasteiger partial charge in [-0.1, -0.05) is 0 Å². The van der Waals surface area contributed by atoms with Crippen molar-refractivity contribution in [2.75, 3.05) is 36.6 Å². The number of amides is 1. The maximum atomic E-state index is 11.9. The summed E-state index contributed by atoms with van der Waals surface area (Å²) in [5.41, 5.74) is 5.25. The van der Waals surface area contributed by atoms with E-state index in [4.69, 9.17) is 9.47 Å². The summed E-state index contributed by atoms with van der Waals surface area (Å²) < 4.78 is 11.3. The summed E-state index contributed by atoms with van der Waals surface area (Å²) in [5, 5.41) is 0.682. The molecule has 10 heteroatoms. The maximum absolute atomic E-state index is 11.9. The van der Waals surface area contributed by atoms with Gasteiger partial charge < -0.3 is 14.4 Å². The van der Waals surface area contributed by atoms with Crippen LogP contribution in [0, 0.1) is 0 Å². The molecule has 140 valence electrons. The average Bonchev–Trinajstić information content (AvgIpc) is 2.58. The van der Waals surface area contributed by atoms with E-state index in [0.717, 1.165) is 0 Å². The molecule has 0 spiro atoms. The molecule has 2 N–H and O–H groups in total. The lowest BCUT2D eigenvalue weighted by atomic mass is 10.2. The number of carbonyl (C=O) groups is 1. The first-order valence-corrected chi connectivity index (χ1v) is 9.03. The van der Waals surface area contributed by atoms with Gasteiger partial charge in [-0.15, -0.1) is 0 Å². The topological polar surface area (TPSA) is 102 Å². The Morgan fingerprint density at radius 3 is 2.65 bits per heavy atom. The SMILES string of the molecule is CC(C)(C)OC(=O)NNc1nc(N2CCOCC2)nc2nc(Br)ccc12. The van der Waals surface area contributed by atoms with Gasteiger partial charge >= 0.3 is 6.09 Å². The molecule has 1 saturated heterocycles. The van der Waals surface area contributed by atoms with Crippen molar-refractivity contribution in [3.8, 4) is 0 Å². The maximum Gasteiger partial charge on any atom is 0.426 e. The second kappa shape index (κ2) is 7.58. The minimum atomic E-state index is -0.595. The number of rotatable bonds is 3. The summed E-state index contributed by atoms with van der Waals surface area (Å²) in [6.07, 6.45) is -0.595. The molecular weight excluding hydrogens is 404 g/mol. The third-order valence-electron chi connectivity index (χ3n) is 3.49. The first-order chi connectivity index (χ1) is 12.3. The van der Waals surface area contributed by atoms with Gasteiger partial charge in [-0.2, -0.15) is 9.97 Å². The Morgan fingerprint density at radius 2 is 1.96 bits per heavy atom. The lowest BCUT2D eigenvalue weighted by Gasteiger charge is -2.27. The van der Waals surface area contributed by atoms with Gasteiger partial charge in [-0.05, 0) is 48.8 Å². The number of anilines is 2. The number of aromatic nitrogens is 3. The highest BCUT2D eigenvalue weighted by atomic mass is 79.9. The number of nitrogens with zero attached hydrogens (tertiary/aromatic N) is 4. The molecule has 0 saturated carbocycles. The first kappa shape index (κ1) is 18.6. The van der Waals surface area contributed by atoms with E-state index in [9.17, 15) is 4.79 Å². The summed E-state index contributed by atoms with van der Waals surface area (Å²) in [6.45, 7) is 8.01. The highest BCUT2D eigenvalue weighted by Gasteiger charge is 2.19. The molecule has 0 aromatic carbocycles. The van der Waals surface area contributed by atoms with Crippen LogP contribution in [0.4, 0.5) is 16.6 Å². The van der Waals surface area contributed by atoms with E-state index < -0.39 is 11.7 Å². The van der Waals surface area contributed by atoms with Gasteiger partial charge in [0, 0.05) is 13.1 Å². The van der Waals surface area contributed by atoms with Crippen molar-refractivity contribution in [2.24, 2.45) is 0 Å². The van der Waals surface area contributed by atoms with Crippen molar-refractivity contribution in [3.63, 3.8) is 0 Å². The molecule has 0 radical (unpaired) electrons. The van der Waals surface area contributed by atoms with Crippen molar-refractivity contribution >= 4 is 44.8 Å². The average molecular weight is 425 g/mol. The molecule has 0 aliphatic carbocycles. The third kappa shape index (κ3) is 4.70. The molecule has 9 nitrogen and oxygen atoms in total. The Kier molecular flexibility index (Phi) is 5.42. The van der Waals surface area contributed by atoms with Crippen molar-refractivity contribution in [3.05, 3.63) is 16.7 Å². The number of morpholine rings is 1. The molecule has 26 heavy (non-hydrogen) atoms. The molecule has 3 heterocycles. The van der Waals surface area contributed by atoms with Crippen LogP contribution < -0.4 is 15.8 Å². The minimum Gasteiger partial charge on any atom is -0.443 e. The quantitative estimate of drug-likeness (QED) is 0.572. The van der Waals surface area contributed by atoms with Crippen LogP contribution in [0.1, 0.15) is 20.8 Å². The van der Waals surface area contributed by atoms with Crippen LogP contribution in [0.3, 0.4) is 0 Å². The van der Waals surface area contributed by atoms with Crippen molar-refractivity contribution in [1.82, 2.24) is 20.4 Å². The summed E-state index contributed by atoms with van der Waals surface area (Å²) >= 11 is 3.36. The number of hydrazine groups is 1. The van der Waals surface area contributed by atoms with E-state index in [1.165, 1.54) is 0 Å². The number of pyridine rings is 1. The van der Waals surface area contributed by atoms with E-state index in [1.807, 2.05) is 11.0 Å². The molecule has 0 atom stereocenters. The zero-order valence-corrected chi connectivity index (χ0v) is 16.5. The third-order valence-corrected chi connectivity index (χ3v) is 3.93. The normalized spacial score (nSPS) is 15.0. The predicted octanol–water partition coefficient (Wildman–Crippen LogP) is 2.48. The molecule has 2 aromatic rings. The Morgan fingerprint density at radius 1 is 1.23 bits per heavy atom. The Hall–Kier alpha value is -2.20. The van der Waals surface area contributed by atoms with Crippen LogP contribution in [0.25, 0.3) is 11.0 Å². The summed E-state index contributed by atoms with van der Waals surface area (Å²) in [5.74, 6) is 0.974. The lowest BCUT2D eigenvalue weighted by Crippen LogP contribution is -2.38. The van der Waals surface area contributed by atoms with E-state index >= 15 is 0 Å². The van der Waals surface area contributed by atoms with Gasteiger partial charge in [0.05, 0.1) is 18.6 Å². The molecular formula is C16H21BrN6O3. The van der Waals surface area contributed by atoms with Crippen molar-refractivity contribution < 1.29 is 14.3 Å². The van der Waals surface area contributed by atoms with E-state index in [0.29, 0.717) is 53.7 Å². The smallest absolute Gasteiger partial charge is 0.426 e. The van der Waals surface area contributed by atoms with Crippen LogP contribution in [-0.2, 0) is 9.47 Å². The molecule has 0 unspecified atom stereocenters. The lowest BCUT2D eigenvalue weighted by molar-refractivity contribution is 0.0541. The number of nitrogens with one attached hydrogen (secondary N) is 2. The van der Waals surface area contributed by atoms with Crippen LogP contribution in [0.15, 0.2) is 16.7 Å². The fourth-order valence-corrected chi connectivity index (χ4v) is 2.69. The van der Waals surface area contributed by atoms with E-state index in [2.05, 4.69) is 41.7 Å². The molecule has 1 fully saturated rings. The monoisotopic (exact) mass is 424 g/mol. The van der Waals surface area contributed by atoms with Crippen LogP contribution in [0.2, 0.25) is 0 Å². The van der Waals surface area contributed by atoms with E-state index in [1.54, 1.807) is 26.8 Å². The minimum absolute atomic E-state index is 0.447. The second-order valence-corrected chi connectivity index (χ2v) is 7.54. The number of hydrogen-bond acceptors (Lipinski definition) is 8. The standard InChI is InChI=1S/C16H21BrN6O3/c1-16(2,3)26-15(24)22-21-13-10-4-5-11(17)18-12(10)19-14(20-13)23-6-8-25-9-7-23/h4-5H,6-9H2,1-3H3,(H,22,24)(H,18,19,20,21). The zero-order valence-electron chi connectivity index (χ0n) is 14.9. The van der Waals surface area contributed by atoms with Crippen LogP contribution >= 0.6 is 15.9 Å². The molecule has 2 aromatic heterocycles. The predicted molar refractivity (Wildman–Crippen MR) is 101 cm³/mol. The largest absolute Gasteiger partial charge is 0.443 e. The number of halogens is 1. The van der Waals surface area contributed by atoms with Gasteiger partial charge in [0.15, 0.2) is 11.5 Å². The van der Waals surface area contributed by atoms with Gasteiger partial charge in [0.2, 0.25) is 5.95 Å². The molecule has 1 amide bonds. The fraction of sp³-hybridized carbons (Fsp3) is 0.500. The highest BCUT2D eigenvalue weighted by Crippen LogP contribution is 2.24. The molecule has 1 aliphatic rings. The summed E-state index contributed by atoms with van der Waals surface area (Å²) in [4.78, 5) is 27.4. The van der Waals surface area contributed by atoms with Crippen LogP contribution in [0.5, 0.6) is 0 Å². The Labute approximate surface area is 159 Å². The van der Waals surface area contributed by atoms with Gasteiger partial charge in [0.1, 0.15) is 10.2 Å². The fourth-order valence-electron chi connectivity index (χ4n) is 2.39. The first-order valence-electron chi connectivity index (χ1n) is 8.24. The molecule has 3 rings (SSSR count). The number of ether oxygens (including phenoxy) is 2. The second-order valence-electron chi connectivity index (χ2n) is 6.73. The Bertz CT molecular complexity index is 804. The van der Waals surface area contributed by atoms with Gasteiger partial charge in [-0.3, -0.25) is 5.43 Å². The van der Waals surface area contributed by atoms with Crippen molar-refractivity contribution in [2.45, 2.75) is 26.4 Å². The highest BCUT2D eigenvalue weighted by molar-refractivity contribution is 9.10. The van der Waals surface area contributed by atoms with E-state index in [-0.39, 0.29) is 0 Å². The van der Waals surface area contributed by atoms with Crippen molar-refractivity contribution in [1.29, 1.82) is 0 Å². The zero-order chi connectivity index (χ0) is 18.7. The molecule has 1 aliphatic heterocycles.